The highest BCUT2D eigenvalue weighted by Gasteiger charge is 2.34. The maximum Gasteiger partial charge on any atom is 0.337 e. The normalized spacial score (nSPS) is 12.9. The third-order valence-electron chi connectivity index (χ3n) is 5.35. The zero-order valence-corrected chi connectivity index (χ0v) is 18.4. The molecular weight excluding hydrogens is 467 g/mol. The van der Waals surface area contributed by atoms with E-state index in [-0.39, 0.29) is 58.6 Å². The number of carbonyl (C=O) groups excluding carboxylic acids is 2. The van der Waals surface area contributed by atoms with Crippen molar-refractivity contribution in [1.82, 2.24) is 25.0 Å². The van der Waals surface area contributed by atoms with E-state index < -0.39 is 23.6 Å². The van der Waals surface area contributed by atoms with Crippen molar-refractivity contribution < 1.29 is 23.9 Å². The highest BCUT2D eigenvalue weighted by atomic mass is 35.5. The van der Waals surface area contributed by atoms with Gasteiger partial charge in [-0.15, -0.1) is 0 Å². The van der Waals surface area contributed by atoms with Crippen LogP contribution < -0.4 is 5.32 Å². The van der Waals surface area contributed by atoms with E-state index in [1.165, 1.54) is 27.8 Å². The number of benzene rings is 1. The van der Waals surface area contributed by atoms with Gasteiger partial charge in [-0.05, 0) is 25.0 Å². The molecule has 1 saturated carbocycles. The number of nitriles is 1. The number of nitrogens with zero attached hydrogens (tertiary/aromatic N) is 5. The van der Waals surface area contributed by atoms with Crippen LogP contribution in [0.4, 0.5) is 4.39 Å². The Morgan fingerprint density at radius 3 is 2.79 bits per heavy atom. The maximum atomic E-state index is 14.0. The van der Waals surface area contributed by atoms with Crippen molar-refractivity contribution in [3.63, 3.8) is 0 Å². The van der Waals surface area contributed by atoms with Crippen molar-refractivity contribution >= 4 is 40.4 Å². The summed E-state index contributed by atoms with van der Waals surface area (Å²) in [6, 6.07) is 7.53. The average molecular weight is 485 g/mol. The minimum Gasteiger partial charge on any atom is -0.478 e. The number of carbonyl (C=O) groups is 3. The van der Waals surface area contributed by atoms with Crippen LogP contribution in [0.15, 0.2) is 30.5 Å². The minimum absolute atomic E-state index is 0.0474. The van der Waals surface area contributed by atoms with Crippen LogP contribution in [0, 0.1) is 17.1 Å². The topological polar surface area (TPSA) is 141 Å². The smallest absolute Gasteiger partial charge is 0.337 e. The van der Waals surface area contributed by atoms with Gasteiger partial charge in [0.25, 0.3) is 0 Å². The first-order valence-electron chi connectivity index (χ1n) is 10.3. The van der Waals surface area contributed by atoms with Gasteiger partial charge in [0.1, 0.15) is 18.4 Å². The average Bonchev–Trinajstić information content (AvgIpc) is 3.60. The molecule has 2 aromatic heterocycles. The summed E-state index contributed by atoms with van der Waals surface area (Å²) >= 11 is 5.76. The van der Waals surface area contributed by atoms with Crippen molar-refractivity contribution in [2.24, 2.45) is 0 Å². The number of carboxylic acid groups (broad SMARTS) is 1. The lowest BCUT2D eigenvalue weighted by Gasteiger charge is -2.22. The van der Waals surface area contributed by atoms with Gasteiger partial charge in [-0.3, -0.25) is 9.59 Å². The quantitative estimate of drug-likeness (QED) is 0.498. The summed E-state index contributed by atoms with van der Waals surface area (Å²) in [5, 5.41) is 25.3. The van der Waals surface area contributed by atoms with Gasteiger partial charge in [0.2, 0.25) is 11.8 Å². The summed E-state index contributed by atoms with van der Waals surface area (Å²) in [5.74, 6) is -2.70. The lowest BCUT2D eigenvalue weighted by Crippen LogP contribution is -2.43. The van der Waals surface area contributed by atoms with Gasteiger partial charge in [-0.1, -0.05) is 23.7 Å². The lowest BCUT2D eigenvalue weighted by molar-refractivity contribution is -0.137. The maximum absolute atomic E-state index is 14.0. The third kappa shape index (κ3) is 4.82. The molecule has 0 unspecified atom stereocenters. The molecule has 1 aliphatic rings. The second-order valence-corrected chi connectivity index (χ2v) is 8.17. The van der Waals surface area contributed by atoms with E-state index in [0.717, 1.165) is 19.0 Å². The molecule has 0 spiro atoms. The van der Waals surface area contributed by atoms with Crippen molar-refractivity contribution in [1.29, 1.82) is 5.26 Å². The molecule has 2 N–H and O–H groups in total. The molecule has 1 aromatic carbocycles. The molecule has 0 saturated heterocycles. The van der Waals surface area contributed by atoms with Gasteiger partial charge >= 0.3 is 5.97 Å². The molecule has 2 amide bonds. The van der Waals surface area contributed by atoms with E-state index in [4.69, 9.17) is 16.7 Å². The Morgan fingerprint density at radius 1 is 1.35 bits per heavy atom. The van der Waals surface area contributed by atoms with Gasteiger partial charge in [0, 0.05) is 24.3 Å². The fraction of sp³-hybridized carbons (Fsp3) is 0.273. The van der Waals surface area contributed by atoms with Crippen molar-refractivity contribution in [3.8, 4) is 6.07 Å². The molecule has 10 nitrogen and oxygen atoms in total. The van der Waals surface area contributed by atoms with Crippen LogP contribution in [0.2, 0.25) is 5.02 Å². The number of carboxylic acids is 1. The molecule has 4 rings (SSSR count). The summed E-state index contributed by atoms with van der Waals surface area (Å²) in [5.41, 5.74) is 0.246. The number of fused-ring (bicyclic) bond motifs is 1. The summed E-state index contributed by atoms with van der Waals surface area (Å²) in [6.45, 7) is -0.597. The second-order valence-electron chi connectivity index (χ2n) is 7.76. The van der Waals surface area contributed by atoms with Crippen LogP contribution in [-0.2, 0) is 22.7 Å². The predicted molar refractivity (Wildman–Crippen MR) is 117 cm³/mol. The molecule has 12 heteroatoms. The molecule has 0 aliphatic heterocycles. The van der Waals surface area contributed by atoms with Gasteiger partial charge in [0.15, 0.2) is 11.3 Å². The van der Waals surface area contributed by atoms with Crippen LogP contribution in [0.3, 0.4) is 0 Å². The number of rotatable bonds is 8. The van der Waals surface area contributed by atoms with E-state index in [0.29, 0.717) is 0 Å². The van der Waals surface area contributed by atoms with Crippen molar-refractivity contribution in [2.75, 3.05) is 6.54 Å². The zero-order valence-electron chi connectivity index (χ0n) is 17.7. The van der Waals surface area contributed by atoms with E-state index in [1.807, 2.05) is 6.07 Å². The summed E-state index contributed by atoms with van der Waals surface area (Å²) < 4.78 is 15.3. The largest absolute Gasteiger partial charge is 0.478 e. The first-order chi connectivity index (χ1) is 16.3. The number of pyridine rings is 1. The highest BCUT2D eigenvalue weighted by molar-refractivity contribution is 6.30. The van der Waals surface area contributed by atoms with E-state index in [2.05, 4.69) is 15.4 Å². The molecule has 0 atom stereocenters. The number of aromatic nitrogens is 3. The van der Waals surface area contributed by atoms with E-state index >= 15 is 0 Å². The number of hydrogen-bond acceptors (Lipinski definition) is 6. The Bertz CT molecular complexity index is 1350. The van der Waals surface area contributed by atoms with Crippen molar-refractivity contribution in [3.05, 3.63) is 58.1 Å². The number of nitrogens with one attached hydrogen (secondary N) is 1. The van der Waals surface area contributed by atoms with Crippen LogP contribution >= 0.6 is 11.6 Å². The Balaban J connectivity index is 1.47. The molecule has 1 fully saturated rings. The molecule has 1 aliphatic carbocycles. The summed E-state index contributed by atoms with van der Waals surface area (Å²) in [6.07, 6.45) is 2.60. The first kappa shape index (κ1) is 23.1. The third-order valence-corrected chi connectivity index (χ3v) is 5.65. The number of aromatic carboxylic acids is 1. The molecule has 34 heavy (non-hydrogen) atoms. The zero-order chi connectivity index (χ0) is 24.4. The fourth-order valence-electron chi connectivity index (χ4n) is 3.48. The fourth-order valence-corrected chi connectivity index (χ4v) is 3.68. The Hall–Kier alpha value is -4.04. The van der Waals surface area contributed by atoms with Gasteiger partial charge in [-0.2, -0.15) is 10.4 Å². The Morgan fingerprint density at radius 2 is 2.12 bits per heavy atom. The first-order valence-corrected chi connectivity index (χ1v) is 10.6. The minimum atomic E-state index is -1.20. The monoisotopic (exact) mass is 484 g/mol. The molecule has 0 bridgehead atoms. The van der Waals surface area contributed by atoms with Crippen LogP contribution in [0.1, 0.15) is 34.5 Å². The standard InChI is InChI=1S/C22H18ClFN6O4/c23-16-3-1-2-12(20(16)24)8-26-18(31)10-29(14-4-5-14)19(32)11-30-21-15(17(7-25)28-30)6-13(9-27-21)22(33)34/h1-3,6,9,14H,4-5,8,10-11H2,(H,26,31)(H,33,34). The molecule has 2 heterocycles. The molecule has 3 aromatic rings. The molecule has 0 radical (unpaired) electrons. The number of hydrogen-bond donors (Lipinski definition) is 2. The number of halogens is 2. The highest BCUT2D eigenvalue weighted by Crippen LogP contribution is 2.27. The molecular formula is C22H18ClFN6O4. The Kier molecular flexibility index (Phi) is 6.43. The van der Waals surface area contributed by atoms with E-state index in [1.54, 1.807) is 6.07 Å². The predicted octanol–water partition coefficient (Wildman–Crippen LogP) is 2.10. The van der Waals surface area contributed by atoms with Gasteiger partial charge in [-0.25, -0.2) is 18.9 Å². The lowest BCUT2D eigenvalue weighted by atomic mass is 10.2. The SMILES string of the molecule is N#Cc1nn(CC(=O)N(CC(=O)NCc2cccc(Cl)c2F)C2CC2)c2ncc(C(=O)O)cc12. The Labute approximate surface area is 197 Å². The number of amides is 2. The van der Waals surface area contributed by atoms with Crippen LogP contribution in [-0.4, -0.2) is 55.1 Å². The van der Waals surface area contributed by atoms with Gasteiger partial charge in [0.05, 0.1) is 22.5 Å². The van der Waals surface area contributed by atoms with Crippen molar-refractivity contribution in [2.45, 2.75) is 32.0 Å². The summed E-state index contributed by atoms with van der Waals surface area (Å²) in [4.78, 5) is 42.2. The van der Waals surface area contributed by atoms with Gasteiger partial charge < -0.3 is 15.3 Å². The van der Waals surface area contributed by atoms with E-state index in [9.17, 15) is 24.0 Å². The summed E-state index contributed by atoms with van der Waals surface area (Å²) in [7, 11) is 0. The van der Waals surface area contributed by atoms with Crippen LogP contribution in [0.25, 0.3) is 11.0 Å². The van der Waals surface area contributed by atoms with Crippen LogP contribution in [0.5, 0.6) is 0 Å². The second kappa shape index (κ2) is 9.44. The molecule has 174 valence electrons.